The molecule has 0 aliphatic heterocycles. The minimum atomic E-state index is -0.974. The van der Waals surface area contributed by atoms with E-state index in [9.17, 15) is 9.59 Å². The Hall–Kier alpha value is -3.08. The van der Waals surface area contributed by atoms with Gasteiger partial charge in [-0.1, -0.05) is 42.5 Å². The van der Waals surface area contributed by atoms with E-state index in [4.69, 9.17) is 14.6 Å². The number of aryl methyl sites for hydroxylation is 1. The Labute approximate surface area is 147 Å². The fourth-order valence-electron chi connectivity index (χ4n) is 1.71. The topological polar surface area (TPSA) is 72.8 Å². The van der Waals surface area contributed by atoms with Crippen LogP contribution in [0, 0.1) is 6.92 Å². The van der Waals surface area contributed by atoms with Gasteiger partial charge in [-0.25, -0.2) is 9.59 Å². The normalized spacial score (nSPS) is 9.32. The SMILES string of the molecule is C=CC(=O)OCCCOc1ccc(C(=O)O)cc1.Cc1ccccc1. The second-order valence-electron chi connectivity index (χ2n) is 5.06. The van der Waals surface area contributed by atoms with Crippen molar-refractivity contribution in [1.82, 2.24) is 0 Å². The predicted octanol–water partition coefficient (Wildman–Crippen LogP) is 3.88. The lowest BCUT2D eigenvalue weighted by Crippen LogP contribution is -2.06. The van der Waals surface area contributed by atoms with E-state index in [0.717, 1.165) is 6.08 Å². The quantitative estimate of drug-likeness (QED) is 0.470. The molecule has 0 heterocycles. The molecule has 5 heteroatoms. The lowest BCUT2D eigenvalue weighted by atomic mass is 10.2. The molecule has 2 aromatic rings. The first-order valence-electron chi connectivity index (χ1n) is 7.80. The van der Waals surface area contributed by atoms with Crippen LogP contribution >= 0.6 is 0 Å². The van der Waals surface area contributed by atoms with E-state index in [1.165, 1.54) is 17.7 Å². The summed E-state index contributed by atoms with van der Waals surface area (Å²) in [7, 11) is 0. The van der Waals surface area contributed by atoms with E-state index in [2.05, 4.69) is 25.6 Å². The van der Waals surface area contributed by atoms with Gasteiger partial charge in [0.1, 0.15) is 5.75 Å². The van der Waals surface area contributed by atoms with E-state index in [-0.39, 0.29) is 12.2 Å². The summed E-state index contributed by atoms with van der Waals surface area (Å²) in [4.78, 5) is 21.3. The Morgan fingerprint density at radius 2 is 1.68 bits per heavy atom. The maximum absolute atomic E-state index is 10.7. The molecule has 0 radical (unpaired) electrons. The molecular weight excluding hydrogens is 320 g/mol. The van der Waals surface area contributed by atoms with Crippen LogP contribution in [0.15, 0.2) is 67.3 Å². The van der Waals surface area contributed by atoms with Gasteiger partial charge in [0.2, 0.25) is 0 Å². The zero-order valence-electron chi connectivity index (χ0n) is 14.2. The zero-order chi connectivity index (χ0) is 18.5. The molecule has 0 saturated heterocycles. The van der Waals surface area contributed by atoms with Gasteiger partial charge in [0.25, 0.3) is 0 Å². The Morgan fingerprint density at radius 3 is 2.16 bits per heavy atom. The number of ether oxygens (including phenoxy) is 2. The van der Waals surface area contributed by atoms with Crippen LogP contribution in [0.2, 0.25) is 0 Å². The average molecular weight is 342 g/mol. The van der Waals surface area contributed by atoms with Gasteiger partial charge in [-0.3, -0.25) is 0 Å². The van der Waals surface area contributed by atoms with Gasteiger partial charge in [-0.15, -0.1) is 0 Å². The molecule has 0 bridgehead atoms. The van der Waals surface area contributed by atoms with Gasteiger partial charge in [0, 0.05) is 12.5 Å². The van der Waals surface area contributed by atoms with Crippen LogP contribution in [0.1, 0.15) is 22.3 Å². The molecule has 2 aromatic carbocycles. The zero-order valence-corrected chi connectivity index (χ0v) is 14.2. The molecular formula is C20H22O5. The molecule has 2 rings (SSSR count). The molecule has 0 unspecified atom stereocenters. The molecule has 0 fully saturated rings. The molecule has 0 spiro atoms. The first kappa shape index (κ1) is 20.0. The Balaban J connectivity index is 0.000000370. The number of carbonyl (C=O) groups is 2. The summed E-state index contributed by atoms with van der Waals surface area (Å²) in [6, 6.07) is 16.4. The van der Waals surface area contributed by atoms with Crippen molar-refractivity contribution < 1.29 is 24.2 Å². The smallest absolute Gasteiger partial charge is 0.335 e. The van der Waals surface area contributed by atoms with Crippen molar-refractivity contribution in [1.29, 1.82) is 0 Å². The minimum absolute atomic E-state index is 0.210. The lowest BCUT2D eigenvalue weighted by molar-refractivity contribution is -0.137. The monoisotopic (exact) mass is 342 g/mol. The molecule has 0 aliphatic carbocycles. The Morgan fingerprint density at radius 1 is 1.04 bits per heavy atom. The number of carbonyl (C=O) groups excluding carboxylic acids is 1. The maximum Gasteiger partial charge on any atom is 0.335 e. The fraction of sp³-hybridized carbons (Fsp3) is 0.200. The van der Waals surface area contributed by atoms with Crippen molar-refractivity contribution in [3.05, 3.63) is 78.4 Å². The van der Waals surface area contributed by atoms with Crippen LogP contribution in [-0.2, 0) is 9.53 Å². The summed E-state index contributed by atoms with van der Waals surface area (Å²) in [5, 5.41) is 8.70. The number of carboxylic acids is 1. The van der Waals surface area contributed by atoms with Gasteiger partial charge < -0.3 is 14.6 Å². The standard InChI is InChI=1S/C13H14O5.C7H8/c1-2-12(14)18-9-3-8-17-11-6-4-10(5-7-11)13(15)16;1-7-5-3-2-4-6-7/h2,4-7H,1,3,8-9H2,(H,15,16);2-6H,1H3. The lowest BCUT2D eigenvalue weighted by Gasteiger charge is -2.06. The van der Waals surface area contributed by atoms with Gasteiger partial charge in [0.05, 0.1) is 18.8 Å². The second-order valence-corrected chi connectivity index (χ2v) is 5.06. The molecule has 5 nitrogen and oxygen atoms in total. The van der Waals surface area contributed by atoms with Gasteiger partial charge in [0.15, 0.2) is 0 Å². The number of benzene rings is 2. The second kappa shape index (κ2) is 11.5. The summed E-state index contributed by atoms with van der Waals surface area (Å²) in [5.74, 6) is -0.853. The third-order valence-electron chi connectivity index (χ3n) is 3.01. The van der Waals surface area contributed by atoms with Crippen LogP contribution in [0.5, 0.6) is 5.75 Å². The first-order valence-corrected chi connectivity index (χ1v) is 7.80. The van der Waals surface area contributed by atoms with Crippen molar-refractivity contribution in [2.24, 2.45) is 0 Å². The van der Waals surface area contributed by atoms with E-state index in [1.54, 1.807) is 12.1 Å². The number of carboxylic acid groups (broad SMARTS) is 1. The van der Waals surface area contributed by atoms with Crippen molar-refractivity contribution >= 4 is 11.9 Å². The molecule has 0 saturated carbocycles. The third kappa shape index (κ3) is 8.95. The summed E-state index contributed by atoms with van der Waals surface area (Å²) in [6.45, 7) is 6.01. The van der Waals surface area contributed by atoms with Crippen molar-refractivity contribution in [3.8, 4) is 5.75 Å². The largest absolute Gasteiger partial charge is 0.493 e. The first-order chi connectivity index (χ1) is 12.0. The van der Waals surface area contributed by atoms with Crippen LogP contribution in [-0.4, -0.2) is 30.3 Å². The Bertz CT molecular complexity index is 662. The highest BCUT2D eigenvalue weighted by Crippen LogP contribution is 2.12. The van der Waals surface area contributed by atoms with Crippen molar-refractivity contribution in [3.63, 3.8) is 0 Å². The highest BCUT2D eigenvalue weighted by molar-refractivity contribution is 5.87. The summed E-state index contributed by atoms with van der Waals surface area (Å²) in [6.07, 6.45) is 1.66. The number of hydrogen-bond acceptors (Lipinski definition) is 4. The highest BCUT2D eigenvalue weighted by Gasteiger charge is 2.02. The molecule has 132 valence electrons. The molecule has 0 amide bonds. The fourth-order valence-corrected chi connectivity index (χ4v) is 1.71. The van der Waals surface area contributed by atoms with Gasteiger partial charge in [-0.2, -0.15) is 0 Å². The van der Waals surface area contributed by atoms with Crippen LogP contribution < -0.4 is 4.74 Å². The molecule has 0 aliphatic rings. The average Bonchev–Trinajstić information content (AvgIpc) is 2.62. The predicted molar refractivity (Wildman–Crippen MR) is 95.8 cm³/mol. The van der Waals surface area contributed by atoms with E-state index >= 15 is 0 Å². The molecule has 0 aromatic heterocycles. The summed E-state index contributed by atoms with van der Waals surface area (Å²) >= 11 is 0. The van der Waals surface area contributed by atoms with Crippen LogP contribution in [0.25, 0.3) is 0 Å². The van der Waals surface area contributed by atoms with Crippen LogP contribution in [0.3, 0.4) is 0 Å². The Kier molecular flexibility index (Phi) is 9.15. The number of esters is 1. The number of rotatable bonds is 7. The molecule has 25 heavy (non-hydrogen) atoms. The van der Waals surface area contributed by atoms with E-state index < -0.39 is 11.9 Å². The summed E-state index contributed by atoms with van der Waals surface area (Å²) in [5.41, 5.74) is 1.53. The van der Waals surface area contributed by atoms with Gasteiger partial charge >= 0.3 is 11.9 Å². The summed E-state index contributed by atoms with van der Waals surface area (Å²) < 4.78 is 10.1. The molecule has 1 N–H and O–H groups in total. The van der Waals surface area contributed by atoms with E-state index in [1.807, 2.05) is 18.2 Å². The van der Waals surface area contributed by atoms with Crippen molar-refractivity contribution in [2.75, 3.05) is 13.2 Å². The number of aromatic carboxylic acids is 1. The van der Waals surface area contributed by atoms with E-state index in [0.29, 0.717) is 18.8 Å². The number of hydrogen-bond donors (Lipinski definition) is 1. The van der Waals surface area contributed by atoms with Gasteiger partial charge in [-0.05, 0) is 31.2 Å². The molecule has 0 atom stereocenters. The van der Waals surface area contributed by atoms with Crippen LogP contribution in [0.4, 0.5) is 0 Å². The highest BCUT2D eigenvalue weighted by atomic mass is 16.5. The maximum atomic E-state index is 10.7. The van der Waals surface area contributed by atoms with Crippen molar-refractivity contribution in [2.45, 2.75) is 13.3 Å². The minimum Gasteiger partial charge on any atom is -0.493 e. The third-order valence-corrected chi connectivity index (χ3v) is 3.01.